The van der Waals surface area contributed by atoms with Crippen molar-refractivity contribution in [2.75, 3.05) is 11.9 Å². The number of nitrogens with one attached hydrogen (secondary N) is 2. The van der Waals surface area contributed by atoms with Crippen LogP contribution >= 0.6 is 12.2 Å². The number of thiocarbonyl (C=S) groups is 1. The van der Waals surface area contributed by atoms with Crippen LogP contribution in [0, 0.1) is 6.92 Å². The van der Waals surface area contributed by atoms with Gasteiger partial charge in [0.1, 0.15) is 11.5 Å². The molecule has 0 unspecified atom stereocenters. The van der Waals surface area contributed by atoms with Crippen LogP contribution in [0.4, 0.5) is 5.69 Å². The number of anilines is 1. The van der Waals surface area contributed by atoms with E-state index in [1.807, 2.05) is 6.92 Å². The fourth-order valence-electron chi connectivity index (χ4n) is 2.12. The van der Waals surface area contributed by atoms with E-state index >= 15 is 0 Å². The summed E-state index contributed by atoms with van der Waals surface area (Å²) in [6.45, 7) is 4.66. The minimum atomic E-state index is -0.329. The number of carbonyl (C=O) groups excluding carboxylic acids is 1. The van der Waals surface area contributed by atoms with Crippen molar-refractivity contribution in [3.05, 3.63) is 53.6 Å². The van der Waals surface area contributed by atoms with Crippen LogP contribution in [0.1, 0.15) is 35.7 Å². The molecule has 0 radical (unpaired) electrons. The van der Waals surface area contributed by atoms with Crippen LogP contribution in [0.3, 0.4) is 0 Å². The molecular formula is C19H22N2O3S. The van der Waals surface area contributed by atoms with Gasteiger partial charge in [0, 0.05) is 5.56 Å². The second-order valence-corrected chi connectivity index (χ2v) is 6.06. The molecule has 2 aromatic carbocycles. The van der Waals surface area contributed by atoms with Crippen molar-refractivity contribution < 1.29 is 14.6 Å². The Morgan fingerprint density at radius 1 is 1.20 bits per heavy atom. The normalized spacial score (nSPS) is 10.2. The zero-order valence-corrected chi connectivity index (χ0v) is 15.2. The molecule has 132 valence electrons. The number of amides is 1. The summed E-state index contributed by atoms with van der Waals surface area (Å²) in [6.07, 6.45) is 2.06. The van der Waals surface area contributed by atoms with E-state index in [1.165, 1.54) is 0 Å². The molecule has 0 saturated heterocycles. The molecule has 0 aromatic heterocycles. The molecule has 2 aromatic rings. The summed E-state index contributed by atoms with van der Waals surface area (Å²) in [5, 5.41) is 15.3. The minimum absolute atomic E-state index is 0.0655. The Morgan fingerprint density at radius 3 is 2.60 bits per heavy atom. The number of benzene rings is 2. The van der Waals surface area contributed by atoms with Gasteiger partial charge < -0.3 is 15.2 Å². The van der Waals surface area contributed by atoms with Crippen molar-refractivity contribution in [1.82, 2.24) is 5.32 Å². The number of hydrogen-bond donors (Lipinski definition) is 3. The average Bonchev–Trinajstić information content (AvgIpc) is 2.59. The van der Waals surface area contributed by atoms with Crippen molar-refractivity contribution in [2.24, 2.45) is 0 Å². The zero-order chi connectivity index (χ0) is 18.2. The van der Waals surface area contributed by atoms with E-state index < -0.39 is 0 Å². The van der Waals surface area contributed by atoms with E-state index in [0.717, 1.165) is 24.2 Å². The van der Waals surface area contributed by atoms with Gasteiger partial charge in [-0.05, 0) is 67.5 Å². The lowest BCUT2D eigenvalue weighted by Gasteiger charge is -2.12. The van der Waals surface area contributed by atoms with Crippen molar-refractivity contribution >= 4 is 28.9 Å². The first kappa shape index (κ1) is 18.7. The number of unbranched alkanes of at least 4 members (excludes halogenated alkanes) is 1. The molecule has 0 heterocycles. The number of aromatic hydroxyl groups is 1. The molecule has 1 amide bonds. The van der Waals surface area contributed by atoms with Crippen LogP contribution in [0.5, 0.6) is 11.5 Å². The standard InChI is InChI=1S/C19H22N2O3S/c1-3-4-11-24-15-8-6-14(7-9-15)18(23)21-19(25)20-16-12-13(2)5-10-17(16)22/h5-10,12,22H,3-4,11H2,1-2H3,(H2,20,21,23,25). The Hall–Kier alpha value is -2.60. The van der Waals surface area contributed by atoms with Gasteiger partial charge in [0.15, 0.2) is 5.11 Å². The molecule has 5 nitrogen and oxygen atoms in total. The smallest absolute Gasteiger partial charge is 0.257 e. The first-order chi connectivity index (χ1) is 12.0. The maximum atomic E-state index is 12.2. The Labute approximate surface area is 153 Å². The number of carbonyl (C=O) groups is 1. The van der Waals surface area contributed by atoms with E-state index in [0.29, 0.717) is 17.9 Å². The Balaban J connectivity index is 1.92. The minimum Gasteiger partial charge on any atom is -0.506 e. The van der Waals surface area contributed by atoms with Crippen LogP contribution in [-0.2, 0) is 0 Å². The van der Waals surface area contributed by atoms with E-state index in [4.69, 9.17) is 17.0 Å². The van der Waals surface area contributed by atoms with Crippen molar-refractivity contribution in [3.63, 3.8) is 0 Å². The summed E-state index contributed by atoms with van der Waals surface area (Å²) >= 11 is 5.13. The number of rotatable bonds is 6. The van der Waals surface area contributed by atoms with Crippen LogP contribution in [0.25, 0.3) is 0 Å². The van der Waals surface area contributed by atoms with Gasteiger partial charge in [0.05, 0.1) is 12.3 Å². The monoisotopic (exact) mass is 358 g/mol. The largest absolute Gasteiger partial charge is 0.506 e. The Bertz CT molecular complexity index is 745. The summed E-state index contributed by atoms with van der Waals surface area (Å²) in [6, 6.07) is 12.0. The van der Waals surface area contributed by atoms with E-state index in [9.17, 15) is 9.90 Å². The second kappa shape index (κ2) is 9.03. The predicted octanol–water partition coefficient (Wildman–Crippen LogP) is 4.01. The quantitative estimate of drug-likeness (QED) is 0.413. The average molecular weight is 358 g/mol. The summed E-state index contributed by atoms with van der Waals surface area (Å²) in [4.78, 5) is 12.2. The third kappa shape index (κ3) is 5.76. The van der Waals surface area contributed by atoms with Gasteiger partial charge >= 0.3 is 0 Å². The Morgan fingerprint density at radius 2 is 1.92 bits per heavy atom. The van der Waals surface area contributed by atoms with Gasteiger partial charge in [-0.2, -0.15) is 0 Å². The predicted molar refractivity (Wildman–Crippen MR) is 103 cm³/mol. The maximum absolute atomic E-state index is 12.2. The molecule has 3 N–H and O–H groups in total. The summed E-state index contributed by atoms with van der Waals surface area (Å²) in [5.41, 5.74) is 1.89. The highest BCUT2D eigenvalue weighted by atomic mass is 32.1. The molecule has 0 aliphatic heterocycles. The van der Waals surface area contributed by atoms with Crippen LogP contribution in [-0.4, -0.2) is 22.7 Å². The number of phenols is 1. The maximum Gasteiger partial charge on any atom is 0.257 e. The number of aryl methyl sites for hydroxylation is 1. The molecule has 0 aliphatic rings. The first-order valence-electron chi connectivity index (χ1n) is 8.14. The molecule has 0 spiro atoms. The second-order valence-electron chi connectivity index (χ2n) is 5.66. The number of phenolic OH excluding ortho intramolecular Hbond substituents is 1. The van der Waals surface area contributed by atoms with Gasteiger partial charge in [0.25, 0.3) is 5.91 Å². The zero-order valence-electron chi connectivity index (χ0n) is 14.3. The number of ether oxygens (including phenoxy) is 1. The molecule has 0 aliphatic carbocycles. The molecule has 0 atom stereocenters. The lowest BCUT2D eigenvalue weighted by molar-refractivity contribution is 0.0977. The highest BCUT2D eigenvalue weighted by Crippen LogP contribution is 2.23. The first-order valence-corrected chi connectivity index (χ1v) is 8.55. The summed E-state index contributed by atoms with van der Waals surface area (Å²) < 4.78 is 5.57. The lowest BCUT2D eigenvalue weighted by atomic mass is 10.2. The van der Waals surface area contributed by atoms with Crippen molar-refractivity contribution in [1.29, 1.82) is 0 Å². The molecule has 2 rings (SSSR count). The SMILES string of the molecule is CCCCOc1ccc(C(=O)NC(=S)Nc2cc(C)ccc2O)cc1. The van der Waals surface area contributed by atoms with E-state index in [2.05, 4.69) is 17.6 Å². The topological polar surface area (TPSA) is 70.6 Å². The third-order valence-corrected chi connectivity index (χ3v) is 3.71. The molecule has 0 fully saturated rings. The van der Waals surface area contributed by atoms with Gasteiger partial charge in [-0.1, -0.05) is 19.4 Å². The molecule has 0 bridgehead atoms. The van der Waals surface area contributed by atoms with Gasteiger partial charge in [-0.25, -0.2) is 0 Å². The molecular weight excluding hydrogens is 336 g/mol. The lowest BCUT2D eigenvalue weighted by Crippen LogP contribution is -2.34. The van der Waals surface area contributed by atoms with Crippen molar-refractivity contribution in [3.8, 4) is 11.5 Å². The third-order valence-electron chi connectivity index (χ3n) is 3.51. The van der Waals surface area contributed by atoms with Crippen LogP contribution in [0.2, 0.25) is 0 Å². The fraction of sp³-hybridized carbons (Fsp3) is 0.263. The van der Waals surface area contributed by atoms with Gasteiger partial charge in [-0.15, -0.1) is 0 Å². The molecule has 6 heteroatoms. The van der Waals surface area contributed by atoms with E-state index in [1.54, 1.807) is 42.5 Å². The highest BCUT2D eigenvalue weighted by Gasteiger charge is 2.10. The van der Waals surface area contributed by atoms with E-state index in [-0.39, 0.29) is 16.8 Å². The summed E-state index contributed by atoms with van der Waals surface area (Å²) in [5.74, 6) is 0.468. The highest BCUT2D eigenvalue weighted by molar-refractivity contribution is 7.80. The van der Waals surface area contributed by atoms with Crippen LogP contribution < -0.4 is 15.4 Å². The van der Waals surface area contributed by atoms with Crippen molar-refractivity contribution in [2.45, 2.75) is 26.7 Å². The summed E-state index contributed by atoms with van der Waals surface area (Å²) in [7, 11) is 0. The van der Waals surface area contributed by atoms with Gasteiger partial charge in [-0.3, -0.25) is 10.1 Å². The number of hydrogen-bond acceptors (Lipinski definition) is 4. The van der Waals surface area contributed by atoms with Crippen LogP contribution in [0.15, 0.2) is 42.5 Å². The Kier molecular flexibility index (Phi) is 6.77. The van der Waals surface area contributed by atoms with Gasteiger partial charge in [0.2, 0.25) is 0 Å². The fourth-order valence-corrected chi connectivity index (χ4v) is 2.32. The molecule has 0 saturated carbocycles. The molecule has 25 heavy (non-hydrogen) atoms.